The van der Waals surface area contributed by atoms with Crippen molar-refractivity contribution in [1.82, 2.24) is 9.29 Å². The molecule has 1 fully saturated rings. The molecule has 0 spiro atoms. The minimum absolute atomic E-state index is 0.0392. The van der Waals surface area contributed by atoms with Crippen LogP contribution in [-0.2, 0) is 20.9 Å². The van der Waals surface area contributed by atoms with Crippen LogP contribution in [0.15, 0.2) is 47.6 Å². The van der Waals surface area contributed by atoms with Gasteiger partial charge in [0.2, 0.25) is 10.0 Å². The monoisotopic (exact) mass is 440 g/mol. The maximum Gasteiger partial charge on any atom is 0.417 e. The highest BCUT2D eigenvalue weighted by Crippen LogP contribution is 2.35. The van der Waals surface area contributed by atoms with Crippen molar-refractivity contribution in [2.75, 3.05) is 38.3 Å². The van der Waals surface area contributed by atoms with Crippen molar-refractivity contribution in [1.29, 1.82) is 5.26 Å². The largest absolute Gasteiger partial charge is 0.417 e. The van der Waals surface area contributed by atoms with Gasteiger partial charge in [-0.15, -0.1) is 0 Å². The average Bonchev–Trinajstić information content (AvgIpc) is 2.73. The summed E-state index contributed by atoms with van der Waals surface area (Å²) >= 11 is 0. The van der Waals surface area contributed by atoms with Crippen molar-refractivity contribution < 1.29 is 26.3 Å². The van der Waals surface area contributed by atoms with E-state index in [1.54, 1.807) is 11.0 Å². The number of alkyl halides is 3. The van der Waals surface area contributed by atoms with Gasteiger partial charge >= 0.3 is 6.18 Å². The third-order valence-corrected chi connectivity index (χ3v) is 6.76. The number of pyridine rings is 1. The summed E-state index contributed by atoms with van der Waals surface area (Å²) in [7, 11) is -2.41. The van der Waals surface area contributed by atoms with Crippen molar-refractivity contribution in [3.05, 3.63) is 53.9 Å². The van der Waals surface area contributed by atoms with Crippen molar-refractivity contribution >= 4 is 15.7 Å². The Labute approximate surface area is 172 Å². The summed E-state index contributed by atoms with van der Waals surface area (Å²) in [6, 6.07) is 7.38. The summed E-state index contributed by atoms with van der Waals surface area (Å²) in [6.07, 6.45) is -1.95. The van der Waals surface area contributed by atoms with Crippen LogP contribution in [0.25, 0.3) is 0 Å². The topological polar surface area (TPSA) is 86.5 Å². The Kier molecular flexibility index (Phi) is 6.30. The zero-order valence-corrected chi connectivity index (χ0v) is 16.8. The molecule has 1 atom stereocenters. The van der Waals surface area contributed by atoms with E-state index in [0.29, 0.717) is 0 Å². The molecule has 0 N–H and O–H groups in total. The van der Waals surface area contributed by atoms with Gasteiger partial charge < -0.3 is 9.64 Å². The number of hydrogen-bond acceptors (Lipinski definition) is 6. The standard InChI is InChI=1S/C19H19F3N4O3S/c1-29-13-16-12-25(15-5-4-14(10-23)18(9-15)19(20,21)22)7-8-26(16)30(27,28)17-3-2-6-24-11-17/h2-6,9,11,16H,7-8,12-13H2,1H3. The minimum atomic E-state index is -4.67. The molecule has 2 aromatic rings. The van der Waals surface area contributed by atoms with Crippen LogP contribution < -0.4 is 4.90 Å². The van der Waals surface area contributed by atoms with Gasteiger partial charge in [-0.2, -0.15) is 22.7 Å². The van der Waals surface area contributed by atoms with Crippen molar-refractivity contribution in [2.24, 2.45) is 0 Å². The van der Waals surface area contributed by atoms with Crippen LogP contribution in [0.3, 0.4) is 0 Å². The van der Waals surface area contributed by atoms with Crippen molar-refractivity contribution in [3.8, 4) is 6.07 Å². The van der Waals surface area contributed by atoms with Gasteiger partial charge in [-0.1, -0.05) is 0 Å². The number of nitrogens with zero attached hydrogens (tertiary/aromatic N) is 4. The zero-order chi connectivity index (χ0) is 21.9. The van der Waals surface area contributed by atoms with E-state index in [4.69, 9.17) is 10.00 Å². The zero-order valence-electron chi connectivity index (χ0n) is 16.0. The van der Waals surface area contributed by atoms with E-state index in [9.17, 15) is 21.6 Å². The lowest BCUT2D eigenvalue weighted by Crippen LogP contribution is -2.56. The van der Waals surface area contributed by atoms with Crippen molar-refractivity contribution in [2.45, 2.75) is 17.1 Å². The lowest BCUT2D eigenvalue weighted by molar-refractivity contribution is -0.137. The highest BCUT2D eigenvalue weighted by atomic mass is 32.2. The van der Waals surface area contributed by atoms with E-state index in [1.807, 2.05) is 0 Å². The highest BCUT2D eigenvalue weighted by molar-refractivity contribution is 7.89. The number of anilines is 1. The first-order chi connectivity index (χ1) is 14.2. The van der Waals surface area contributed by atoms with Crippen LogP contribution in [0.5, 0.6) is 0 Å². The molecule has 1 aliphatic rings. The van der Waals surface area contributed by atoms with Gasteiger partial charge in [-0.25, -0.2) is 8.42 Å². The lowest BCUT2D eigenvalue weighted by atomic mass is 10.1. The first-order valence-electron chi connectivity index (χ1n) is 8.95. The van der Waals surface area contributed by atoms with E-state index in [-0.39, 0.29) is 36.8 Å². The minimum Gasteiger partial charge on any atom is -0.383 e. The molecule has 11 heteroatoms. The molecule has 2 heterocycles. The van der Waals surface area contributed by atoms with Crippen LogP contribution in [0.4, 0.5) is 18.9 Å². The van der Waals surface area contributed by atoms with Gasteiger partial charge in [-0.3, -0.25) is 4.98 Å². The highest BCUT2D eigenvalue weighted by Gasteiger charge is 2.38. The Morgan fingerprint density at radius 3 is 2.67 bits per heavy atom. The molecule has 1 saturated heterocycles. The normalized spacial score (nSPS) is 18.2. The summed E-state index contributed by atoms with van der Waals surface area (Å²) in [5.41, 5.74) is -1.21. The van der Waals surface area contributed by atoms with Crippen LogP contribution in [0, 0.1) is 11.3 Å². The summed E-state index contributed by atoms with van der Waals surface area (Å²) in [5.74, 6) is 0. The molecule has 0 radical (unpaired) electrons. The quantitative estimate of drug-likeness (QED) is 0.710. The number of aromatic nitrogens is 1. The number of hydrogen-bond donors (Lipinski definition) is 0. The summed E-state index contributed by atoms with van der Waals surface area (Å²) in [4.78, 5) is 5.55. The van der Waals surface area contributed by atoms with Crippen LogP contribution in [-0.4, -0.2) is 57.1 Å². The Bertz CT molecular complexity index is 1040. The number of rotatable bonds is 5. The predicted octanol–water partition coefficient (Wildman–Crippen LogP) is 2.50. The van der Waals surface area contributed by atoms with Crippen LogP contribution in [0.2, 0.25) is 0 Å². The molecule has 3 rings (SSSR count). The number of ether oxygens (including phenoxy) is 1. The molecule has 160 valence electrons. The van der Waals surface area contributed by atoms with E-state index < -0.39 is 33.4 Å². The second-order valence-corrected chi connectivity index (χ2v) is 8.59. The number of halogens is 3. The van der Waals surface area contributed by atoms with Gasteiger partial charge in [0.05, 0.1) is 29.8 Å². The first-order valence-corrected chi connectivity index (χ1v) is 10.4. The summed E-state index contributed by atoms with van der Waals surface area (Å²) in [6.45, 7) is 0.449. The fourth-order valence-corrected chi connectivity index (χ4v) is 4.97. The predicted molar refractivity (Wildman–Crippen MR) is 102 cm³/mol. The average molecular weight is 440 g/mol. The second-order valence-electron chi connectivity index (χ2n) is 6.70. The van der Waals surface area contributed by atoms with Gasteiger partial charge in [0.15, 0.2) is 0 Å². The molecule has 1 aromatic heterocycles. The molecule has 0 aliphatic carbocycles. The Balaban J connectivity index is 1.90. The molecule has 0 saturated carbocycles. The van der Waals surface area contributed by atoms with Crippen LogP contribution in [0.1, 0.15) is 11.1 Å². The fraction of sp³-hybridized carbons (Fsp3) is 0.368. The number of piperazine rings is 1. The number of nitriles is 1. The maximum absolute atomic E-state index is 13.3. The Morgan fingerprint density at radius 1 is 1.30 bits per heavy atom. The lowest BCUT2D eigenvalue weighted by Gasteiger charge is -2.41. The van der Waals surface area contributed by atoms with Gasteiger partial charge in [0.1, 0.15) is 4.90 Å². The van der Waals surface area contributed by atoms with E-state index in [2.05, 4.69) is 4.98 Å². The number of sulfonamides is 1. The van der Waals surface area contributed by atoms with Crippen molar-refractivity contribution in [3.63, 3.8) is 0 Å². The number of methoxy groups -OCH3 is 1. The molecule has 30 heavy (non-hydrogen) atoms. The third kappa shape index (κ3) is 4.40. The molecule has 1 aliphatic heterocycles. The number of benzene rings is 1. The van der Waals surface area contributed by atoms with E-state index in [1.165, 1.54) is 42.0 Å². The molecule has 1 aromatic carbocycles. The Morgan fingerprint density at radius 2 is 2.07 bits per heavy atom. The molecular formula is C19H19F3N4O3S. The first kappa shape index (κ1) is 22.0. The second kappa shape index (κ2) is 8.59. The molecule has 0 amide bonds. The summed E-state index contributed by atoms with van der Waals surface area (Å²) in [5, 5.41) is 8.97. The Hall–Kier alpha value is -2.68. The van der Waals surface area contributed by atoms with E-state index >= 15 is 0 Å². The SMILES string of the molecule is COCC1CN(c2ccc(C#N)c(C(F)(F)F)c2)CCN1S(=O)(=O)c1cccnc1. The molecule has 7 nitrogen and oxygen atoms in total. The van der Waals surface area contributed by atoms with Crippen LogP contribution >= 0.6 is 0 Å². The molecule has 0 bridgehead atoms. The maximum atomic E-state index is 13.3. The molecule has 1 unspecified atom stereocenters. The van der Waals surface area contributed by atoms with Gasteiger partial charge in [0, 0.05) is 44.8 Å². The van der Waals surface area contributed by atoms with Gasteiger partial charge in [-0.05, 0) is 30.3 Å². The van der Waals surface area contributed by atoms with Gasteiger partial charge in [0.25, 0.3) is 0 Å². The van der Waals surface area contributed by atoms with E-state index in [0.717, 1.165) is 12.1 Å². The molecular weight excluding hydrogens is 421 g/mol. The third-order valence-electron chi connectivity index (χ3n) is 4.82. The summed E-state index contributed by atoms with van der Waals surface area (Å²) < 4.78 is 72.4. The fourth-order valence-electron chi connectivity index (χ4n) is 3.41. The smallest absolute Gasteiger partial charge is 0.383 e.